The van der Waals surface area contributed by atoms with Crippen LogP contribution in [-0.4, -0.2) is 70.6 Å². The fourth-order valence-corrected chi connectivity index (χ4v) is 4.11. The number of ether oxygens (including phenoxy) is 1. The first-order valence-electron chi connectivity index (χ1n) is 10.8. The van der Waals surface area contributed by atoms with Gasteiger partial charge in [0.25, 0.3) is 5.91 Å². The summed E-state index contributed by atoms with van der Waals surface area (Å²) in [6, 6.07) is 13.4. The van der Waals surface area contributed by atoms with Gasteiger partial charge < -0.3 is 25.0 Å². The molecule has 3 aromatic rings. The van der Waals surface area contributed by atoms with E-state index in [-0.39, 0.29) is 12.0 Å². The first-order chi connectivity index (χ1) is 16.0. The molecule has 33 heavy (non-hydrogen) atoms. The number of carboxylic acids is 1. The number of carbonyl (C=O) groups is 3. The number of amides is 2. The topological polar surface area (TPSA) is 115 Å². The number of hydrogen-bond donors (Lipinski definition) is 3. The molecular weight excluding hydrogens is 424 g/mol. The fraction of sp³-hybridized carbons (Fsp3) is 0.292. The van der Waals surface area contributed by atoms with E-state index in [1.165, 1.54) is 0 Å². The predicted molar refractivity (Wildman–Crippen MR) is 123 cm³/mol. The summed E-state index contributed by atoms with van der Waals surface area (Å²) in [6.07, 6.45) is 1.32. The molecule has 9 nitrogen and oxygen atoms in total. The summed E-state index contributed by atoms with van der Waals surface area (Å²) >= 11 is 0. The SMILES string of the molecule is CCOC(=O)N1CCN(C(C(=O)O)c2c[nH]c3cc(NC(=O)c4ccccc4)ccc23)CC1. The quantitative estimate of drug-likeness (QED) is 0.531. The van der Waals surface area contributed by atoms with Gasteiger partial charge in [0.05, 0.1) is 6.61 Å². The maximum Gasteiger partial charge on any atom is 0.409 e. The number of aromatic nitrogens is 1. The molecule has 0 saturated carbocycles. The zero-order valence-electron chi connectivity index (χ0n) is 18.3. The molecule has 2 amide bonds. The average Bonchev–Trinajstić information content (AvgIpc) is 3.23. The highest BCUT2D eigenvalue weighted by molar-refractivity contribution is 6.05. The maximum absolute atomic E-state index is 12.4. The van der Waals surface area contributed by atoms with Crippen LogP contribution in [0.5, 0.6) is 0 Å². The molecule has 4 rings (SSSR count). The van der Waals surface area contributed by atoms with E-state index < -0.39 is 12.0 Å². The van der Waals surface area contributed by atoms with Gasteiger partial charge in [-0.05, 0) is 31.2 Å². The van der Waals surface area contributed by atoms with Gasteiger partial charge in [-0.1, -0.05) is 24.3 Å². The van der Waals surface area contributed by atoms with Gasteiger partial charge in [0.2, 0.25) is 0 Å². The summed E-state index contributed by atoms with van der Waals surface area (Å²) in [5.41, 5.74) is 2.53. The van der Waals surface area contributed by atoms with Crippen LogP contribution < -0.4 is 5.32 Å². The van der Waals surface area contributed by atoms with Crippen LogP contribution >= 0.6 is 0 Å². The molecule has 1 atom stereocenters. The summed E-state index contributed by atoms with van der Waals surface area (Å²) in [4.78, 5) is 43.2. The summed E-state index contributed by atoms with van der Waals surface area (Å²) in [6.45, 7) is 3.71. The Morgan fingerprint density at radius 1 is 1.09 bits per heavy atom. The molecule has 3 N–H and O–H groups in total. The predicted octanol–water partition coefficient (Wildman–Crippen LogP) is 3.32. The monoisotopic (exact) mass is 450 g/mol. The summed E-state index contributed by atoms with van der Waals surface area (Å²) < 4.78 is 5.04. The van der Waals surface area contributed by atoms with Crippen molar-refractivity contribution in [2.75, 3.05) is 38.1 Å². The number of anilines is 1. The molecule has 1 unspecified atom stereocenters. The van der Waals surface area contributed by atoms with Gasteiger partial charge in [0, 0.05) is 60.1 Å². The Hall–Kier alpha value is -3.85. The number of carboxylic acid groups (broad SMARTS) is 1. The van der Waals surface area contributed by atoms with Crippen LogP contribution in [0.2, 0.25) is 0 Å². The van der Waals surface area contributed by atoms with E-state index in [1.54, 1.807) is 54.4 Å². The summed E-state index contributed by atoms with van der Waals surface area (Å²) in [5.74, 6) is -1.17. The normalized spacial score (nSPS) is 15.2. The van der Waals surface area contributed by atoms with Crippen molar-refractivity contribution in [3.63, 3.8) is 0 Å². The van der Waals surface area contributed by atoms with Gasteiger partial charge in [-0.15, -0.1) is 0 Å². The molecule has 0 spiro atoms. The molecule has 0 aliphatic carbocycles. The van der Waals surface area contributed by atoms with Gasteiger partial charge in [-0.2, -0.15) is 0 Å². The third kappa shape index (κ3) is 4.83. The molecule has 1 fully saturated rings. The van der Waals surface area contributed by atoms with Crippen LogP contribution in [0.1, 0.15) is 28.9 Å². The third-order valence-corrected chi connectivity index (χ3v) is 5.74. The van der Waals surface area contributed by atoms with Gasteiger partial charge in [-0.3, -0.25) is 14.5 Å². The fourth-order valence-electron chi connectivity index (χ4n) is 4.11. The number of benzene rings is 2. The lowest BCUT2D eigenvalue weighted by Crippen LogP contribution is -2.51. The molecule has 0 bridgehead atoms. The standard InChI is InChI=1S/C24H26N4O5/c1-2-33-24(32)28-12-10-27(11-13-28)21(23(30)31)19-15-25-20-14-17(8-9-18(19)20)26-22(29)16-6-4-3-5-7-16/h3-9,14-15,21,25H,2,10-13H2,1H3,(H,26,29)(H,30,31). The van der Waals surface area contributed by atoms with Crippen molar-refractivity contribution >= 4 is 34.6 Å². The molecule has 9 heteroatoms. The minimum atomic E-state index is -0.957. The summed E-state index contributed by atoms with van der Waals surface area (Å²) in [5, 5.41) is 13.6. The zero-order valence-corrected chi connectivity index (χ0v) is 18.3. The molecule has 1 saturated heterocycles. The van der Waals surface area contributed by atoms with E-state index in [4.69, 9.17) is 4.74 Å². The molecule has 1 aliphatic heterocycles. The van der Waals surface area contributed by atoms with Crippen molar-refractivity contribution in [3.05, 3.63) is 65.9 Å². The number of aliphatic carboxylic acids is 1. The van der Waals surface area contributed by atoms with Gasteiger partial charge in [0.1, 0.15) is 6.04 Å². The highest BCUT2D eigenvalue weighted by Crippen LogP contribution is 2.31. The number of H-pyrrole nitrogens is 1. The van der Waals surface area contributed by atoms with E-state index in [9.17, 15) is 19.5 Å². The summed E-state index contributed by atoms with van der Waals surface area (Å²) in [7, 11) is 0. The smallest absolute Gasteiger partial charge is 0.409 e. The van der Waals surface area contributed by atoms with Gasteiger partial charge in [0.15, 0.2) is 0 Å². The van der Waals surface area contributed by atoms with Crippen LogP contribution in [-0.2, 0) is 9.53 Å². The average molecular weight is 450 g/mol. The molecule has 2 aromatic carbocycles. The lowest BCUT2D eigenvalue weighted by Gasteiger charge is -2.37. The Balaban J connectivity index is 1.51. The largest absolute Gasteiger partial charge is 0.480 e. The van der Waals surface area contributed by atoms with Crippen molar-refractivity contribution in [3.8, 4) is 0 Å². The van der Waals surface area contributed by atoms with Crippen molar-refractivity contribution in [1.29, 1.82) is 0 Å². The Bertz CT molecular complexity index is 1150. The van der Waals surface area contributed by atoms with Crippen molar-refractivity contribution in [2.45, 2.75) is 13.0 Å². The van der Waals surface area contributed by atoms with E-state index >= 15 is 0 Å². The second-order valence-electron chi connectivity index (χ2n) is 7.79. The number of piperazine rings is 1. The highest BCUT2D eigenvalue weighted by Gasteiger charge is 2.33. The minimum Gasteiger partial charge on any atom is -0.480 e. The lowest BCUT2D eigenvalue weighted by molar-refractivity contribution is -0.144. The van der Waals surface area contributed by atoms with Gasteiger partial charge in [-0.25, -0.2) is 4.79 Å². The number of rotatable bonds is 6. The zero-order chi connectivity index (χ0) is 23.4. The van der Waals surface area contributed by atoms with E-state index in [2.05, 4.69) is 10.3 Å². The maximum atomic E-state index is 12.4. The molecule has 0 radical (unpaired) electrons. The Labute approximate surface area is 190 Å². The second kappa shape index (κ2) is 9.74. The van der Waals surface area contributed by atoms with E-state index in [1.807, 2.05) is 17.0 Å². The number of fused-ring (bicyclic) bond motifs is 1. The van der Waals surface area contributed by atoms with E-state index in [0.717, 1.165) is 10.9 Å². The van der Waals surface area contributed by atoms with Crippen LogP contribution in [0.15, 0.2) is 54.7 Å². The Kier molecular flexibility index (Phi) is 6.60. The highest BCUT2D eigenvalue weighted by atomic mass is 16.6. The molecule has 2 heterocycles. The minimum absolute atomic E-state index is 0.218. The first-order valence-corrected chi connectivity index (χ1v) is 10.8. The molecule has 1 aromatic heterocycles. The van der Waals surface area contributed by atoms with Crippen LogP contribution in [0.25, 0.3) is 10.9 Å². The van der Waals surface area contributed by atoms with Crippen molar-refractivity contribution in [2.24, 2.45) is 0 Å². The van der Waals surface area contributed by atoms with Crippen LogP contribution in [0.4, 0.5) is 10.5 Å². The molecular formula is C24H26N4O5. The van der Waals surface area contributed by atoms with Crippen molar-refractivity contribution < 1.29 is 24.2 Å². The van der Waals surface area contributed by atoms with Gasteiger partial charge >= 0.3 is 12.1 Å². The number of nitrogens with one attached hydrogen (secondary N) is 2. The second-order valence-corrected chi connectivity index (χ2v) is 7.79. The first kappa shape index (κ1) is 22.3. The number of hydrogen-bond acceptors (Lipinski definition) is 5. The number of aromatic amines is 1. The third-order valence-electron chi connectivity index (χ3n) is 5.74. The van der Waals surface area contributed by atoms with Crippen LogP contribution in [0, 0.1) is 0 Å². The Morgan fingerprint density at radius 3 is 2.48 bits per heavy atom. The van der Waals surface area contributed by atoms with Crippen molar-refractivity contribution in [1.82, 2.24) is 14.8 Å². The molecule has 1 aliphatic rings. The van der Waals surface area contributed by atoms with E-state index in [0.29, 0.717) is 49.6 Å². The lowest BCUT2D eigenvalue weighted by atomic mass is 10.0. The number of nitrogens with zero attached hydrogens (tertiary/aromatic N) is 2. The molecule has 172 valence electrons. The Morgan fingerprint density at radius 2 is 1.82 bits per heavy atom. The number of carbonyl (C=O) groups excluding carboxylic acids is 2. The van der Waals surface area contributed by atoms with Crippen LogP contribution in [0.3, 0.4) is 0 Å².